The van der Waals surface area contributed by atoms with Gasteiger partial charge in [-0.05, 0) is 17.9 Å². The van der Waals surface area contributed by atoms with Gasteiger partial charge in [-0.15, -0.1) is 0 Å². The maximum atomic E-state index is 9.19. The van der Waals surface area contributed by atoms with Gasteiger partial charge in [0.15, 0.2) is 0 Å². The second-order valence-electron chi connectivity index (χ2n) is 5.08. The average molecular weight is 291 g/mol. The van der Waals surface area contributed by atoms with Crippen LogP contribution in [0.2, 0.25) is 0 Å². The third-order valence-electron chi connectivity index (χ3n) is 4.03. The number of hydrogen-bond acceptors (Lipinski definition) is 2. The Kier molecular flexibility index (Phi) is 2.94. The molecule has 1 aliphatic carbocycles. The predicted molar refractivity (Wildman–Crippen MR) is 70.6 cm³/mol. The van der Waals surface area contributed by atoms with Crippen LogP contribution in [0.4, 0.5) is 0 Å². The second-order valence-corrected chi connectivity index (χ2v) is 6.14. The van der Waals surface area contributed by atoms with Gasteiger partial charge in [0, 0.05) is 24.0 Å². The van der Waals surface area contributed by atoms with E-state index in [0.717, 1.165) is 19.5 Å². The van der Waals surface area contributed by atoms with E-state index in [0.29, 0.717) is 16.8 Å². The summed E-state index contributed by atoms with van der Waals surface area (Å²) in [6.45, 7) is 2.11. The zero-order valence-electron chi connectivity index (χ0n) is 9.59. The topological polar surface area (TPSA) is 27.0 Å². The first-order valence-corrected chi connectivity index (χ1v) is 7.03. The molecule has 2 fully saturated rings. The Morgan fingerprint density at radius 3 is 2.76 bits per heavy atom. The largest absolute Gasteiger partial charge is 0.293 e. The first-order chi connectivity index (χ1) is 8.29. The van der Waals surface area contributed by atoms with Crippen LogP contribution in [0.1, 0.15) is 12.0 Å². The Labute approximate surface area is 110 Å². The molecule has 1 heterocycles. The summed E-state index contributed by atoms with van der Waals surface area (Å²) in [5.74, 6) is 0.871. The predicted octanol–water partition coefficient (Wildman–Crippen LogP) is 2.79. The van der Waals surface area contributed by atoms with Crippen molar-refractivity contribution < 1.29 is 0 Å². The minimum atomic E-state index is 0.210. The smallest absolute Gasteiger partial charge is 0.0672 e. The number of fused-ring (bicyclic) bond motifs is 2. The van der Waals surface area contributed by atoms with Crippen LogP contribution < -0.4 is 0 Å². The van der Waals surface area contributed by atoms with E-state index >= 15 is 0 Å². The minimum Gasteiger partial charge on any atom is -0.293 e. The Morgan fingerprint density at radius 2 is 2.12 bits per heavy atom. The maximum Gasteiger partial charge on any atom is 0.0672 e. The van der Waals surface area contributed by atoms with Crippen LogP contribution in [0, 0.1) is 23.2 Å². The first-order valence-electron chi connectivity index (χ1n) is 6.11. The third kappa shape index (κ3) is 1.90. The van der Waals surface area contributed by atoms with Gasteiger partial charge in [0.2, 0.25) is 0 Å². The summed E-state index contributed by atoms with van der Waals surface area (Å²) in [6, 6.07) is 13.4. The molecule has 2 bridgehead atoms. The van der Waals surface area contributed by atoms with E-state index in [2.05, 4.69) is 51.2 Å². The Hall–Kier alpha value is -0.850. The monoisotopic (exact) mass is 290 g/mol. The molecule has 0 amide bonds. The maximum absolute atomic E-state index is 9.19. The van der Waals surface area contributed by atoms with Crippen LogP contribution in [-0.4, -0.2) is 22.3 Å². The fourth-order valence-corrected chi connectivity index (χ4v) is 4.35. The van der Waals surface area contributed by atoms with E-state index in [1.807, 2.05) is 6.07 Å². The number of halogens is 1. The van der Waals surface area contributed by atoms with Gasteiger partial charge in [-0.25, -0.2) is 0 Å². The molecule has 88 valence electrons. The molecule has 1 aromatic rings. The Bertz CT molecular complexity index is 439. The van der Waals surface area contributed by atoms with Crippen molar-refractivity contribution in [2.75, 3.05) is 6.54 Å². The number of alkyl halides is 1. The molecule has 1 saturated carbocycles. The molecule has 3 rings (SSSR count). The summed E-state index contributed by atoms with van der Waals surface area (Å²) in [4.78, 5) is 2.98. The molecule has 3 heteroatoms. The van der Waals surface area contributed by atoms with Gasteiger partial charge in [-0.1, -0.05) is 46.3 Å². The van der Waals surface area contributed by atoms with E-state index in [1.165, 1.54) is 5.56 Å². The van der Waals surface area contributed by atoms with Gasteiger partial charge in [-0.2, -0.15) is 5.26 Å². The third-order valence-corrected chi connectivity index (χ3v) is 5.32. The molecule has 17 heavy (non-hydrogen) atoms. The number of nitriles is 1. The van der Waals surface area contributed by atoms with Crippen LogP contribution in [0.15, 0.2) is 30.3 Å². The van der Waals surface area contributed by atoms with Crippen molar-refractivity contribution >= 4 is 15.9 Å². The number of hydrogen-bond donors (Lipinski definition) is 0. The second kappa shape index (κ2) is 4.44. The van der Waals surface area contributed by atoms with Crippen molar-refractivity contribution in [2.45, 2.75) is 23.8 Å². The average Bonchev–Trinajstić information content (AvgIpc) is 2.83. The summed E-state index contributed by atoms with van der Waals surface area (Å²) in [6.07, 6.45) is 1.07. The lowest BCUT2D eigenvalue weighted by Gasteiger charge is -2.29. The molecule has 0 spiro atoms. The molecule has 2 nitrogen and oxygen atoms in total. The molecular weight excluding hydrogens is 276 g/mol. The zero-order chi connectivity index (χ0) is 11.8. The lowest BCUT2D eigenvalue weighted by molar-refractivity contribution is 0.176. The van der Waals surface area contributed by atoms with Crippen molar-refractivity contribution in [3.63, 3.8) is 0 Å². The van der Waals surface area contributed by atoms with Crippen molar-refractivity contribution in [3.8, 4) is 6.07 Å². The number of nitrogens with zero attached hydrogens (tertiary/aromatic N) is 2. The Morgan fingerprint density at radius 1 is 1.35 bits per heavy atom. The van der Waals surface area contributed by atoms with Crippen molar-refractivity contribution in [1.29, 1.82) is 5.26 Å². The van der Waals surface area contributed by atoms with Gasteiger partial charge in [0.25, 0.3) is 0 Å². The molecule has 4 atom stereocenters. The summed E-state index contributed by atoms with van der Waals surface area (Å²) < 4.78 is 0. The van der Waals surface area contributed by atoms with Gasteiger partial charge in [0.1, 0.15) is 0 Å². The molecule has 0 N–H and O–H groups in total. The van der Waals surface area contributed by atoms with Gasteiger partial charge in [-0.3, -0.25) is 4.90 Å². The molecule has 1 aliphatic heterocycles. The van der Waals surface area contributed by atoms with Gasteiger partial charge < -0.3 is 0 Å². The SMILES string of the molecule is N#C[C@@H]1C[C@@H]2CN(Cc3ccccc3)[C@@H]1[C@H]2Br. The molecule has 0 unspecified atom stereocenters. The summed E-state index contributed by atoms with van der Waals surface area (Å²) in [5, 5.41) is 9.19. The van der Waals surface area contributed by atoms with E-state index in [9.17, 15) is 5.26 Å². The van der Waals surface area contributed by atoms with E-state index < -0.39 is 0 Å². The highest BCUT2D eigenvalue weighted by molar-refractivity contribution is 9.09. The number of rotatable bonds is 2. The quantitative estimate of drug-likeness (QED) is 0.783. The highest BCUT2D eigenvalue weighted by atomic mass is 79.9. The Balaban J connectivity index is 1.76. The fraction of sp³-hybridized carbons (Fsp3) is 0.500. The van der Waals surface area contributed by atoms with Gasteiger partial charge in [0.05, 0.1) is 12.0 Å². The zero-order valence-corrected chi connectivity index (χ0v) is 11.2. The standard InChI is InChI=1S/C14H15BrN2/c15-13-12-6-11(7-16)14(13)17(9-12)8-10-4-2-1-3-5-10/h1-5,11-14H,6,8-9H2/t11-,12+,13-,14-/m0/s1. The lowest BCUT2D eigenvalue weighted by Crippen LogP contribution is -2.38. The van der Waals surface area contributed by atoms with Crippen LogP contribution >= 0.6 is 15.9 Å². The van der Waals surface area contributed by atoms with Crippen LogP contribution in [0.5, 0.6) is 0 Å². The molecular formula is C14H15BrN2. The fourth-order valence-electron chi connectivity index (χ4n) is 3.27. The molecule has 0 aromatic heterocycles. The highest BCUT2D eigenvalue weighted by Gasteiger charge is 2.51. The normalized spacial score (nSPS) is 36.0. The molecule has 2 aliphatic rings. The summed E-state index contributed by atoms with van der Waals surface area (Å²) >= 11 is 3.77. The highest BCUT2D eigenvalue weighted by Crippen LogP contribution is 2.46. The van der Waals surface area contributed by atoms with Crippen LogP contribution in [0.25, 0.3) is 0 Å². The number of piperidine rings is 1. The van der Waals surface area contributed by atoms with Gasteiger partial charge >= 0.3 is 0 Å². The molecule has 0 radical (unpaired) electrons. The summed E-state index contributed by atoms with van der Waals surface area (Å²) in [5.41, 5.74) is 1.34. The van der Waals surface area contributed by atoms with Crippen molar-refractivity contribution in [1.82, 2.24) is 4.90 Å². The lowest BCUT2D eigenvalue weighted by atomic mass is 9.99. The summed E-state index contributed by atoms with van der Waals surface area (Å²) in [7, 11) is 0. The minimum absolute atomic E-state index is 0.210. The van der Waals surface area contributed by atoms with Crippen molar-refractivity contribution in [2.24, 2.45) is 11.8 Å². The van der Waals surface area contributed by atoms with E-state index in [1.54, 1.807) is 0 Å². The molecule has 1 aromatic carbocycles. The number of benzene rings is 1. The first kappa shape index (κ1) is 11.3. The van der Waals surface area contributed by atoms with Crippen LogP contribution in [-0.2, 0) is 6.54 Å². The molecule has 1 saturated heterocycles. The van der Waals surface area contributed by atoms with E-state index in [4.69, 9.17) is 0 Å². The number of likely N-dealkylation sites (tertiary alicyclic amines) is 1. The van der Waals surface area contributed by atoms with E-state index in [-0.39, 0.29) is 5.92 Å². The van der Waals surface area contributed by atoms with Crippen molar-refractivity contribution in [3.05, 3.63) is 35.9 Å². The van der Waals surface area contributed by atoms with Crippen LogP contribution in [0.3, 0.4) is 0 Å².